The van der Waals surface area contributed by atoms with E-state index >= 15 is 0 Å². The number of amides is 2. The van der Waals surface area contributed by atoms with Gasteiger partial charge in [-0.05, 0) is 85.9 Å². The third-order valence-corrected chi connectivity index (χ3v) is 9.31. The number of benzene rings is 1. The summed E-state index contributed by atoms with van der Waals surface area (Å²) in [5.41, 5.74) is 4.70. The molecule has 1 saturated heterocycles. The second-order valence-corrected chi connectivity index (χ2v) is 12.0. The Morgan fingerprint density at radius 2 is 1.92 bits per heavy atom. The normalized spacial score (nSPS) is 25.1. The molecule has 9 heteroatoms. The van der Waals surface area contributed by atoms with E-state index in [-0.39, 0.29) is 40.5 Å². The summed E-state index contributed by atoms with van der Waals surface area (Å²) in [4.78, 5) is 36.7. The second-order valence-electron chi connectivity index (χ2n) is 9.90. The number of nitrogens with one attached hydrogen (secondary N) is 1. The van der Waals surface area contributed by atoms with E-state index in [4.69, 9.17) is 14.2 Å². The third kappa shape index (κ3) is 5.83. The van der Waals surface area contributed by atoms with E-state index in [1.54, 1.807) is 6.07 Å². The zero-order valence-corrected chi connectivity index (χ0v) is 23.3. The van der Waals surface area contributed by atoms with Crippen LogP contribution in [0.25, 0.3) is 0 Å². The van der Waals surface area contributed by atoms with Crippen molar-refractivity contribution < 1.29 is 28.6 Å². The zero-order valence-electron chi connectivity index (χ0n) is 21.7. The molecule has 2 amide bonds. The summed E-state index contributed by atoms with van der Waals surface area (Å²) in [5, 5.41) is 3.52. The molecule has 2 aromatic rings. The van der Waals surface area contributed by atoms with Crippen LogP contribution in [-0.2, 0) is 20.7 Å². The molecule has 0 radical (unpaired) electrons. The van der Waals surface area contributed by atoms with Crippen molar-refractivity contribution in [1.82, 2.24) is 5.32 Å². The second kappa shape index (κ2) is 11.4. The minimum atomic E-state index is -0.386. The van der Waals surface area contributed by atoms with Crippen molar-refractivity contribution in [2.24, 2.45) is 5.92 Å². The Labute approximate surface area is 230 Å². The van der Waals surface area contributed by atoms with Crippen LogP contribution in [0.15, 0.2) is 64.3 Å². The highest BCUT2D eigenvalue weighted by Gasteiger charge is 2.38. The molecule has 1 aromatic carbocycles. The molecule has 1 fully saturated rings. The largest absolute Gasteiger partial charge is 0.494 e. The molecule has 0 spiro atoms. The first kappa shape index (κ1) is 26.6. The minimum Gasteiger partial charge on any atom is -0.494 e. The van der Waals surface area contributed by atoms with Gasteiger partial charge in [-0.1, -0.05) is 30.0 Å². The predicted molar refractivity (Wildman–Crippen MR) is 147 cm³/mol. The van der Waals surface area contributed by atoms with Gasteiger partial charge in [0.05, 0.1) is 17.6 Å². The van der Waals surface area contributed by atoms with Gasteiger partial charge in [-0.15, -0.1) is 11.3 Å². The third-order valence-electron chi connectivity index (χ3n) is 7.48. The topological polar surface area (TPSA) is 90.9 Å². The summed E-state index contributed by atoms with van der Waals surface area (Å²) < 4.78 is 18.2. The average molecular weight is 554 g/mol. The van der Waals surface area contributed by atoms with Gasteiger partial charge >= 0.3 is 5.97 Å². The van der Waals surface area contributed by atoms with E-state index in [2.05, 4.69) is 19.2 Å². The van der Waals surface area contributed by atoms with Gasteiger partial charge in [0.2, 0.25) is 5.91 Å². The van der Waals surface area contributed by atoms with Crippen LogP contribution in [0.1, 0.15) is 55.3 Å². The van der Waals surface area contributed by atoms with Crippen LogP contribution in [0, 0.1) is 5.92 Å². The fraction of sp³-hybridized carbons (Fsp3) is 0.414. The summed E-state index contributed by atoms with van der Waals surface area (Å²) in [7, 11) is 0. The van der Waals surface area contributed by atoms with Crippen LogP contribution >= 0.6 is 23.1 Å². The van der Waals surface area contributed by atoms with Gasteiger partial charge in [-0.2, -0.15) is 0 Å². The average Bonchev–Trinajstić information content (AvgIpc) is 3.54. The monoisotopic (exact) mass is 553 g/mol. The number of hydrogen-bond acceptors (Lipinski definition) is 8. The first-order valence-corrected chi connectivity index (χ1v) is 14.6. The number of thioether (sulfide) groups is 1. The van der Waals surface area contributed by atoms with E-state index in [0.29, 0.717) is 24.3 Å². The lowest BCUT2D eigenvalue weighted by Crippen LogP contribution is -2.36. The van der Waals surface area contributed by atoms with Crippen LogP contribution in [0.4, 0.5) is 4.79 Å². The maximum Gasteiger partial charge on any atom is 0.348 e. The molecule has 4 atom stereocenters. The van der Waals surface area contributed by atoms with E-state index in [1.807, 2.05) is 42.6 Å². The molecular formula is C29H31NO6S2. The number of ether oxygens (including phenoxy) is 3. The van der Waals surface area contributed by atoms with Gasteiger partial charge < -0.3 is 14.2 Å². The van der Waals surface area contributed by atoms with Crippen molar-refractivity contribution in [3.05, 3.63) is 74.7 Å². The molecule has 1 N–H and O–H groups in total. The number of esters is 1. The quantitative estimate of drug-likeness (QED) is 0.398. The molecule has 3 heterocycles. The van der Waals surface area contributed by atoms with Crippen LogP contribution in [0.5, 0.6) is 5.75 Å². The van der Waals surface area contributed by atoms with Crippen molar-refractivity contribution >= 4 is 40.2 Å². The van der Waals surface area contributed by atoms with Crippen molar-refractivity contribution in [1.29, 1.82) is 0 Å². The number of carbonyl (C=O) groups excluding carboxylic acids is 3. The van der Waals surface area contributed by atoms with E-state index < -0.39 is 0 Å². The Hall–Kier alpha value is -3.04. The van der Waals surface area contributed by atoms with Gasteiger partial charge in [-0.25, -0.2) is 4.79 Å². The first-order valence-electron chi connectivity index (χ1n) is 12.8. The molecule has 3 aliphatic rings. The maximum atomic E-state index is 12.8. The van der Waals surface area contributed by atoms with Gasteiger partial charge in [0.1, 0.15) is 22.8 Å². The number of allylic oxidation sites excluding steroid dienone is 3. The number of carbonyl (C=O) groups is 3. The Morgan fingerprint density at radius 1 is 1.13 bits per heavy atom. The Balaban J connectivity index is 1.23. The fourth-order valence-corrected chi connectivity index (χ4v) is 6.75. The SMILES string of the molecule is CC1=C(C)C2=C(CC(OC(=O)c3cccs3)C(CCOc3ccc(CC4SC(=O)NC4=O)cc3)C2)C(C)O1. The molecule has 200 valence electrons. The van der Waals surface area contributed by atoms with Gasteiger partial charge in [0.25, 0.3) is 5.24 Å². The van der Waals surface area contributed by atoms with Crippen LogP contribution in [-0.4, -0.2) is 41.2 Å². The summed E-state index contributed by atoms with van der Waals surface area (Å²) in [6.45, 7) is 6.66. The van der Waals surface area contributed by atoms with Crippen LogP contribution in [0.3, 0.4) is 0 Å². The zero-order chi connectivity index (χ0) is 26.8. The highest BCUT2D eigenvalue weighted by atomic mass is 32.2. The van der Waals surface area contributed by atoms with Crippen molar-refractivity contribution in [3.63, 3.8) is 0 Å². The molecule has 38 heavy (non-hydrogen) atoms. The molecule has 2 aliphatic heterocycles. The van der Waals surface area contributed by atoms with Crippen LogP contribution in [0.2, 0.25) is 0 Å². The maximum absolute atomic E-state index is 12.8. The number of imide groups is 1. The summed E-state index contributed by atoms with van der Waals surface area (Å²) >= 11 is 2.42. The van der Waals surface area contributed by atoms with Crippen molar-refractivity contribution in [2.75, 3.05) is 6.61 Å². The van der Waals surface area contributed by atoms with E-state index in [1.165, 1.54) is 28.1 Å². The molecule has 0 saturated carbocycles. The first-order chi connectivity index (χ1) is 18.3. The van der Waals surface area contributed by atoms with Crippen molar-refractivity contribution in [2.45, 2.75) is 63.9 Å². The van der Waals surface area contributed by atoms with Gasteiger partial charge in [-0.3, -0.25) is 14.9 Å². The molecule has 4 unspecified atom stereocenters. The van der Waals surface area contributed by atoms with Crippen molar-refractivity contribution in [3.8, 4) is 5.75 Å². The Bertz CT molecular complexity index is 1280. The lowest BCUT2D eigenvalue weighted by molar-refractivity contribution is -0.118. The molecule has 0 bridgehead atoms. The summed E-state index contributed by atoms with van der Waals surface area (Å²) in [5.74, 6) is 1.31. The Kier molecular flexibility index (Phi) is 7.95. The molecule has 1 aromatic heterocycles. The minimum absolute atomic E-state index is 0.0285. The summed E-state index contributed by atoms with van der Waals surface area (Å²) in [6, 6.07) is 11.3. The number of rotatable bonds is 8. The molecule has 7 nitrogen and oxygen atoms in total. The number of hydrogen-bond donors (Lipinski definition) is 1. The molecular weight excluding hydrogens is 522 g/mol. The Morgan fingerprint density at radius 3 is 2.61 bits per heavy atom. The lowest BCUT2D eigenvalue weighted by atomic mass is 9.75. The molecule has 5 rings (SSSR count). The summed E-state index contributed by atoms with van der Waals surface area (Å²) in [6.07, 6.45) is 2.43. The predicted octanol–water partition coefficient (Wildman–Crippen LogP) is 6.06. The van der Waals surface area contributed by atoms with Gasteiger partial charge in [0.15, 0.2) is 0 Å². The van der Waals surface area contributed by atoms with E-state index in [9.17, 15) is 14.4 Å². The van der Waals surface area contributed by atoms with Crippen LogP contribution < -0.4 is 10.1 Å². The smallest absolute Gasteiger partial charge is 0.348 e. The lowest BCUT2D eigenvalue weighted by Gasteiger charge is -2.39. The highest BCUT2D eigenvalue weighted by Crippen LogP contribution is 2.43. The highest BCUT2D eigenvalue weighted by molar-refractivity contribution is 8.15. The standard InChI is InChI=1S/C29H31NO6S2/c1-16-17(2)35-18(3)23-15-24(36-28(32)25-5-4-12-37-25)20(14-22(16)23)10-11-34-21-8-6-19(7-9-21)13-26-27(31)30-29(33)38-26/h4-9,12,18,20,24,26H,10-11,13-15H2,1-3H3,(H,30,31,33). The fourth-order valence-electron chi connectivity index (χ4n) is 5.28. The van der Waals surface area contributed by atoms with E-state index in [0.717, 1.165) is 41.7 Å². The van der Waals surface area contributed by atoms with Gasteiger partial charge in [0, 0.05) is 12.3 Å². The molecule has 1 aliphatic carbocycles. The number of thiophene rings is 1.